The maximum atomic E-state index is 12.8. The van der Waals surface area contributed by atoms with E-state index in [4.69, 9.17) is 14.2 Å². The zero-order chi connectivity index (χ0) is 17.6. The first-order valence-electron chi connectivity index (χ1n) is 9.34. The fourth-order valence-corrected chi connectivity index (χ4v) is 3.70. The summed E-state index contributed by atoms with van der Waals surface area (Å²) in [5, 5.41) is 0. The highest BCUT2D eigenvalue weighted by Gasteiger charge is 2.32. The van der Waals surface area contributed by atoms with Crippen LogP contribution in [0.25, 0.3) is 0 Å². The Morgan fingerprint density at radius 3 is 2.76 bits per heavy atom. The highest BCUT2D eigenvalue weighted by Crippen LogP contribution is 2.24. The van der Waals surface area contributed by atoms with Gasteiger partial charge in [-0.15, -0.1) is 0 Å². The van der Waals surface area contributed by atoms with Crippen molar-refractivity contribution < 1.29 is 19.0 Å². The standard InChI is InChI=1S/C20H29NO4/c1-15(25-14-19-6-4-12-24-19)20(22)21-11-3-5-17(21)13-16-7-9-18(23-2)10-8-16/h7-10,15,17,19H,3-6,11-14H2,1-2H3/t15-,17+,19+/m1/s1. The van der Waals surface area contributed by atoms with Crippen LogP contribution in [0.2, 0.25) is 0 Å². The topological polar surface area (TPSA) is 48.0 Å². The van der Waals surface area contributed by atoms with E-state index >= 15 is 0 Å². The summed E-state index contributed by atoms with van der Waals surface area (Å²) in [6.45, 7) is 4.02. The molecule has 5 nitrogen and oxygen atoms in total. The van der Waals surface area contributed by atoms with Crippen molar-refractivity contribution in [3.05, 3.63) is 29.8 Å². The zero-order valence-corrected chi connectivity index (χ0v) is 15.3. The van der Waals surface area contributed by atoms with Crippen molar-refractivity contribution in [1.29, 1.82) is 0 Å². The number of hydrogen-bond acceptors (Lipinski definition) is 4. The third-order valence-corrected chi connectivity index (χ3v) is 5.19. The van der Waals surface area contributed by atoms with Gasteiger partial charge in [0.2, 0.25) is 0 Å². The Hall–Kier alpha value is -1.59. The Morgan fingerprint density at radius 1 is 1.28 bits per heavy atom. The molecule has 0 saturated carbocycles. The lowest BCUT2D eigenvalue weighted by molar-refractivity contribution is -0.145. The van der Waals surface area contributed by atoms with E-state index in [1.54, 1.807) is 7.11 Å². The molecule has 0 aromatic heterocycles. The van der Waals surface area contributed by atoms with Crippen LogP contribution >= 0.6 is 0 Å². The molecule has 0 bridgehead atoms. The van der Waals surface area contributed by atoms with Gasteiger partial charge >= 0.3 is 0 Å². The van der Waals surface area contributed by atoms with Gasteiger partial charge in [-0.2, -0.15) is 0 Å². The molecule has 2 aliphatic heterocycles. The molecule has 0 aliphatic carbocycles. The van der Waals surface area contributed by atoms with E-state index in [0.29, 0.717) is 6.61 Å². The number of likely N-dealkylation sites (tertiary alicyclic amines) is 1. The molecule has 2 aliphatic rings. The molecule has 0 N–H and O–H groups in total. The monoisotopic (exact) mass is 347 g/mol. The Bertz CT molecular complexity index is 553. The molecule has 1 aromatic rings. The molecule has 0 spiro atoms. The minimum Gasteiger partial charge on any atom is -0.497 e. The Morgan fingerprint density at radius 2 is 2.08 bits per heavy atom. The van der Waals surface area contributed by atoms with Crippen LogP contribution in [-0.2, 0) is 20.7 Å². The van der Waals surface area contributed by atoms with E-state index in [9.17, 15) is 4.79 Å². The number of amides is 1. The quantitative estimate of drug-likeness (QED) is 0.761. The molecule has 2 heterocycles. The van der Waals surface area contributed by atoms with Gasteiger partial charge in [-0.25, -0.2) is 0 Å². The normalized spacial score (nSPS) is 24.5. The van der Waals surface area contributed by atoms with Crippen LogP contribution in [-0.4, -0.2) is 55.9 Å². The number of carbonyl (C=O) groups is 1. The number of ether oxygens (including phenoxy) is 3. The van der Waals surface area contributed by atoms with Crippen LogP contribution in [0.3, 0.4) is 0 Å². The van der Waals surface area contributed by atoms with Crippen molar-refractivity contribution in [3.63, 3.8) is 0 Å². The van der Waals surface area contributed by atoms with Crippen LogP contribution in [0, 0.1) is 0 Å². The minimum atomic E-state index is -0.402. The number of carbonyl (C=O) groups excluding carboxylic acids is 1. The summed E-state index contributed by atoms with van der Waals surface area (Å²) in [7, 11) is 1.67. The van der Waals surface area contributed by atoms with E-state index in [2.05, 4.69) is 12.1 Å². The fraction of sp³-hybridized carbons (Fsp3) is 0.650. The number of rotatable bonds is 7. The largest absolute Gasteiger partial charge is 0.497 e. The first-order valence-corrected chi connectivity index (χ1v) is 9.34. The second-order valence-corrected chi connectivity index (χ2v) is 6.99. The molecule has 3 rings (SSSR count). The molecule has 5 heteroatoms. The Labute approximate surface area is 150 Å². The first-order chi connectivity index (χ1) is 12.2. The molecule has 1 amide bonds. The van der Waals surface area contributed by atoms with Gasteiger partial charge < -0.3 is 19.1 Å². The van der Waals surface area contributed by atoms with E-state index in [1.165, 1.54) is 5.56 Å². The van der Waals surface area contributed by atoms with Crippen LogP contribution < -0.4 is 4.74 Å². The van der Waals surface area contributed by atoms with E-state index in [0.717, 1.165) is 51.0 Å². The maximum Gasteiger partial charge on any atom is 0.251 e. The lowest BCUT2D eigenvalue weighted by Gasteiger charge is -2.28. The van der Waals surface area contributed by atoms with Crippen molar-refractivity contribution in [1.82, 2.24) is 4.90 Å². The van der Waals surface area contributed by atoms with Gasteiger partial charge in [0.05, 0.1) is 19.8 Å². The summed E-state index contributed by atoms with van der Waals surface area (Å²) >= 11 is 0. The maximum absolute atomic E-state index is 12.8. The second kappa shape index (κ2) is 8.68. The molecular formula is C20H29NO4. The van der Waals surface area contributed by atoms with Crippen LogP contribution in [0.15, 0.2) is 24.3 Å². The fourth-order valence-electron chi connectivity index (χ4n) is 3.70. The highest BCUT2D eigenvalue weighted by molar-refractivity contribution is 5.81. The summed E-state index contributed by atoms with van der Waals surface area (Å²) in [6.07, 6.45) is 4.87. The molecule has 2 fully saturated rings. The summed E-state index contributed by atoms with van der Waals surface area (Å²) in [5.74, 6) is 0.966. The highest BCUT2D eigenvalue weighted by atomic mass is 16.5. The summed E-state index contributed by atoms with van der Waals surface area (Å²) < 4.78 is 16.6. The molecule has 2 saturated heterocycles. The van der Waals surface area contributed by atoms with Crippen molar-refractivity contribution in [2.75, 3.05) is 26.9 Å². The van der Waals surface area contributed by atoms with Crippen LogP contribution in [0.5, 0.6) is 5.75 Å². The molecule has 0 unspecified atom stereocenters. The van der Waals surface area contributed by atoms with E-state index in [1.807, 2.05) is 24.0 Å². The lowest BCUT2D eigenvalue weighted by Crippen LogP contribution is -2.43. The van der Waals surface area contributed by atoms with Gasteiger partial charge in [-0.1, -0.05) is 12.1 Å². The van der Waals surface area contributed by atoms with Gasteiger partial charge in [-0.05, 0) is 56.7 Å². The van der Waals surface area contributed by atoms with Gasteiger partial charge in [0.15, 0.2) is 0 Å². The average molecular weight is 347 g/mol. The predicted octanol–water partition coefficient (Wildman–Crippen LogP) is 2.81. The third kappa shape index (κ3) is 4.73. The van der Waals surface area contributed by atoms with Gasteiger partial charge in [0.1, 0.15) is 11.9 Å². The zero-order valence-electron chi connectivity index (χ0n) is 15.3. The minimum absolute atomic E-state index is 0.106. The lowest BCUT2D eigenvalue weighted by atomic mass is 10.0. The molecule has 0 radical (unpaired) electrons. The summed E-state index contributed by atoms with van der Waals surface area (Å²) in [5.41, 5.74) is 1.23. The molecule has 25 heavy (non-hydrogen) atoms. The Kier molecular flexibility index (Phi) is 6.32. The number of hydrogen-bond donors (Lipinski definition) is 0. The van der Waals surface area contributed by atoms with Gasteiger partial charge in [-0.3, -0.25) is 4.79 Å². The van der Waals surface area contributed by atoms with Crippen LogP contribution in [0.4, 0.5) is 0 Å². The number of methoxy groups -OCH3 is 1. The second-order valence-electron chi connectivity index (χ2n) is 6.99. The SMILES string of the molecule is COc1ccc(C[C@@H]2CCCN2C(=O)[C@@H](C)OC[C@@H]2CCCO2)cc1. The van der Waals surface area contributed by atoms with Crippen LogP contribution in [0.1, 0.15) is 38.2 Å². The predicted molar refractivity (Wildman–Crippen MR) is 95.8 cm³/mol. The van der Waals surface area contributed by atoms with Gasteiger partial charge in [0.25, 0.3) is 5.91 Å². The molecule has 138 valence electrons. The van der Waals surface area contributed by atoms with E-state index < -0.39 is 6.10 Å². The Balaban J connectivity index is 1.53. The van der Waals surface area contributed by atoms with Gasteiger partial charge in [0, 0.05) is 19.2 Å². The molecule has 3 atom stereocenters. The van der Waals surface area contributed by atoms with Crippen molar-refractivity contribution in [3.8, 4) is 5.75 Å². The van der Waals surface area contributed by atoms with Crippen molar-refractivity contribution in [2.24, 2.45) is 0 Å². The average Bonchev–Trinajstić information content (AvgIpc) is 3.31. The van der Waals surface area contributed by atoms with Crippen molar-refractivity contribution in [2.45, 2.75) is 57.3 Å². The van der Waals surface area contributed by atoms with Crippen molar-refractivity contribution >= 4 is 5.91 Å². The third-order valence-electron chi connectivity index (χ3n) is 5.19. The number of nitrogens with zero attached hydrogens (tertiary/aromatic N) is 1. The van der Waals surface area contributed by atoms with E-state index in [-0.39, 0.29) is 18.1 Å². The molecule has 1 aromatic carbocycles. The number of benzene rings is 1. The molecular weight excluding hydrogens is 318 g/mol. The summed E-state index contributed by atoms with van der Waals surface area (Å²) in [6, 6.07) is 8.37. The summed E-state index contributed by atoms with van der Waals surface area (Å²) in [4.78, 5) is 14.8. The smallest absolute Gasteiger partial charge is 0.251 e. The first kappa shape index (κ1) is 18.2.